The zero-order valence-corrected chi connectivity index (χ0v) is 11.2. The van der Waals surface area contributed by atoms with Gasteiger partial charge < -0.3 is 16.4 Å². The van der Waals surface area contributed by atoms with Crippen molar-refractivity contribution in [2.45, 2.75) is 51.6 Å². The lowest BCUT2D eigenvalue weighted by molar-refractivity contribution is 0.747. The molecule has 2 rings (SSSR count). The van der Waals surface area contributed by atoms with Crippen molar-refractivity contribution in [3.05, 3.63) is 11.9 Å². The van der Waals surface area contributed by atoms with Gasteiger partial charge in [-0.2, -0.15) is 0 Å². The first kappa shape index (κ1) is 13.1. The van der Waals surface area contributed by atoms with E-state index in [1.807, 2.05) is 19.9 Å². The number of aryl methyl sites for hydroxylation is 1. The average molecular weight is 249 g/mol. The van der Waals surface area contributed by atoms with Crippen LogP contribution in [-0.2, 0) is 0 Å². The summed E-state index contributed by atoms with van der Waals surface area (Å²) < 4.78 is 0. The third-order valence-corrected chi connectivity index (χ3v) is 3.15. The van der Waals surface area contributed by atoms with Crippen LogP contribution in [0.4, 0.5) is 11.6 Å². The molecule has 1 aromatic rings. The Morgan fingerprint density at radius 3 is 2.67 bits per heavy atom. The summed E-state index contributed by atoms with van der Waals surface area (Å²) in [4.78, 5) is 8.79. The molecule has 0 aliphatic heterocycles. The van der Waals surface area contributed by atoms with E-state index in [4.69, 9.17) is 5.73 Å². The topological polar surface area (TPSA) is 75.9 Å². The van der Waals surface area contributed by atoms with Crippen LogP contribution in [0.1, 0.15) is 38.4 Å². The maximum absolute atomic E-state index is 5.73. The Morgan fingerprint density at radius 2 is 2.00 bits per heavy atom. The summed E-state index contributed by atoms with van der Waals surface area (Å²) in [5.74, 6) is 2.55. The number of aromatic nitrogens is 2. The molecule has 0 amide bonds. The Hall–Kier alpha value is -1.36. The molecule has 4 N–H and O–H groups in total. The Balaban J connectivity index is 2.00. The van der Waals surface area contributed by atoms with Crippen LogP contribution in [0.15, 0.2) is 6.07 Å². The highest BCUT2D eigenvalue weighted by Gasteiger charge is 2.15. The maximum Gasteiger partial charge on any atom is 0.132 e. The predicted octanol–water partition coefficient (Wildman–Crippen LogP) is 1.90. The van der Waals surface area contributed by atoms with E-state index in [0.717, 1.165) is 24.0 Å². The summed E-state index contributed by atoms with van der Waals surface area (Å²) in [7, 11) is 0. The average Bonchev–Trinajstić information content (AvgIpc) is 2.78. The number of nitrogens with zero attached hydrogens (tertiary/aromatic N) is 2. The Kier molecular flexibility index (Phi) is 4.36. The second-order valence-electron chi connectivity index (χ2n) is 5.17. The first-order valence-electron chi connectivity index (χ1n) is 6.75. The van der Waals surface area contributed by atoms with E-state index in [1.165, 1.54) is 25.7 Å². The summed E-state index contributed by atoms with van der Waals surface area (Å²) in [6, 6.07) is 2.65. The van der Waals surface area contributed by atoms with Crippen molar-refractivity contribution in [3.63, 3.8) is 0 Å². The molecule has 0 saturated heterocycles. The lowest BCUT2D eigenvalue weighted by atomic mass is 10.2. The lowest BCUT2D eigenvalue weighted by Gasteiger charge is -2.15. The molecule has 5 heteroatoms. The molecule has 0 spiro atoms. The molecule has 1 atom stereocenters. The standard InChI is InChI=1S/C13H23N5/c1-9(14)8-15-12-7-13(17-10(2)16-12)18-11-5-3-4-6-11/h7,9,11H,3-6,8,14H2,1-2H3,(H2,15,16,17,18). The van der Waals surface area contributed by atoms with Crippen LogP contribution in [-0.4, -0.2) is 28.6 Å². The summed E-state index contributed by atoms with van der Waals surface area (Å²) in [5, 5.41) is 6.72. The van der Waals surface area contributed by atoms with Crippen molar-refractivity contribution in [2.75, 3.05) is 17.2 Å². The number of anilines is 2. The largest absolute Gasteiger partial charge is 0.368 e. The van der Waals surface area contributed by atoms with Gasteiger partial charge in [0, 0.05) is 24.7 Å². The number of rotatable bonds is 5. The first-order valence-corrected chi connectivity index (χ1v) is 6.75. The molecule has 0 bridgehead atoms. The Morgan fingerprint density at radius 1 is 1.33 bits per heavy atom. The van der Waals surface area contributed by atoms with Crippen molar-refractivity contribution < 1.29 is 0 Å². The zero-order valence-electron chi connectivity index (χ0n) is 11.2. The van der Waals surface area contributed by atoms with E-state index in [1.54, 1.807) is 0 Å². The highest BCUT2D eigenvalue weighted by molar-refractivity contribution is 5.48. The van der Waals surface area contributed by atoms with Crippen LogP contribution in [0, 0.1) is 6.92 Å². The molecule has 18 heavy (non-hydrogen) atoms. The van der Waals surface area contributed by atoms with Gasteiger partial charge in [-0.3, -0.25) is 0 Å². The molecule has 1 aromatic heterocycles. The van der Waals surface area contributed by atoms with Crippen LogP contribution in [0.2, 0.25) is 0 Å². The van der Waals surface area contributed by atoms with Gasteiger partial charge in [-0.15, -0.1) is 0 Å². The summed E-state index contributed by atoms with van der Waals surface area (Å²) in [5.41, 5.74) is 5.73. The van der Waals surface area contributed by atoms with Crippen LogP contribution < -0.4 is 16.4 Å². The number of nitrogens with two attached hydrogens (primary N) is 1. The molecule has 5 nitrogen and oxygen atoms in total. The monoisotopic (exact) mass is 249 g/mol. The number of nitrogens with one attached hydrogen (secondary N) is 2. The van der Waals surface area contributed by atoms with E-state index in [-0.39, 0.29) is 6.04 Å². The fourth-order valence-corrected chi connectivity index (χ4v) is 2.28. The van der Waals surface area contributed by atoms with Gasteiger partial charge in [0.05, 0.1) is 0 Å². The van der Waals surface area contributed by atoms with E-state index in [9.17, 15) is 0 Å². The highest BCUT2D eigenvalue weighted by atomic mass is 15.1. The molecule has 0 radical (unpaired) electrons. The molecule has 100 valence electrons. The zero-order chi connectivity index (χ0) is 13.0. The van der Waals surface area contributed by atoms with Crippen molar-refractivity contribution >= 4 is 11.6 Å². The molecule has 1 aliphatic rings. The Bertz CT molecular complexity index is 385. The second kappa shape index (κ2) is 6.00. The molecular formula is C13H23N5. The van der Waals surface area contributed by atoms with Gasteiger partial charge in [-0.25, -0.2) is 9.97 Å². The van der Waals surface area contributed by atoms with Gasteiger partial charge in [0.15, 0.2) is 0 Å². The van der Waals surface area contributed by atoms with Crippen LogP contribution in [0.5, 0.6) is 0 Å². The lowest BCUT2D eigenvalue weighted by Crippen LogP contribution is -2.25. The van der Waals surface area contributed by atoms with Gasteiger partial charge >= 0.3 is 0 Å². The number of hydrogen-bond acceptors (Lipinski definition) is 5. The molecule has 1 saturated carbocycles. The molecule has 1 heterocycles. The van der Waals surface area contributed by atoms with Gasteiger partial charge in [0.2, 0.25) is 0 Å². The van der Waals surface area contributed by atoms with Crippen molar-refractivity contribution in [2.24, 2.45) is 5.73 Å². The minimum absolute atomic E-state index is 0.117. The van der Waals surface area contributed by atoms with Crippen molar-refractivity contribution in [1.82, 2.24) is 9.97 Å². The fourth-order valence-electron chi connectivity index (χ4n) is 2.28. The number of hydrogen-bond donors (Lipinski definition) is 3. The summed E-state index contributed by atoms with van der Waals surface area (Å²) in [6.45, 7) is 4.61. The minimum atomic E-state index is 0.117. The second-order valence-corrected chi connectivity index (χ2v) is 5.17. The molecular weight excluding hydrogens is 226 g/mol. The van der Waals surface area contributed by atoms with E-state index in [2.05, 4.69) is 20.6 Å². The predicted molar refractivity (Wildman–Crippen MR) is 74.8 cm³/mol. The van der Waals surface area contributed by atoms with Crippen molar-refractivity contribution in [1.29, 1.82) is 0 Å². The van der Waals surface area contributed by atoms with E-state index < -0.39 is 0 Å². The minimum Gasteiger partial charge on any atom is -0.368 e. The van der Waals surface area contributed by atoms with Gasteiger partial charge in [0.1, 0.15) is 17.5 Å². The van der Waals surface area contributed by atoms with Gasteiger partial charge in [0.25, 0.3) is 0 Å². The third-order valence-electron chi connectivity index (χ3n) is 3.15. The first-order chi connectivity index (χ1) is 8.63. The fraction of sp³-hybridized carbons (Fsp3) is 0.692. The molecule has 0 aromatic carbocycles. The van der Waals surface area contributed by atoms with Gasteiger partial charge in [-0.05, 0) is 26.7 Å². The quantitative estimate of drug-likeness (QED) is 0.743. The molecule has 1 fully saturated rings. The third kappa shape index (κ3) is 3.84. The summed E-state index contributed by atoms with van der Waals surface area (Å²) >= 11 is 0. The van der Waals surface area contributed by atoms with Gasteiger partial charge in [-0.1, -0.05) is 12.8 Å². The molecule has 1 aliphatic carbocycles. The van der Waals surface area contributed by atoms with E-state index in [0.29, 0.717) is 6.04 Å². The van der Waals surface area contributed by atoms with E-state index >= 15 is 0 Å². The SMILES string of the molecule is Cc1nc(NCC(C)N)cc(NC2CCCC2)n1. The van der Waals surface area contributed by atoms with Crippen LogP contribution in [0.25, 0.3) is 0 Å². The molecule has 1 unspecified atom stereocenters. The Labute approximate surface area is 109 Å². The maximum atomic E-state index is 5.73. The normalized spacial score (nSPS) is 17.7. The van der Waals surface area contributed by atoms with Crippen LogP contribution in [0.3, 0.4) is 0 Å². The summed E-state index contributed by atoms with van der Waals surface area (Å²) in [6.07, 6.45) is 5.12. The highest BCUT2D eigenvalue weighted by Crippen LogP contribution is 2.22. The van der Waals surface area contributed by atoms with Crippen molar-refractivity contribution in [3.8, 4) is 0 Å². The smallest absolute Gasteiger partial charge is 0.132 e. The van der Waals surface area contributed by atoms with Crippen LogP contribution >= 0.6 is 0 Å².